The quantitative estimate of drug-likeness (QED) is 0.632. The van der Waals surface area contributed by atoms with Crippen LogP contribution in [0, 0.1) is 13.8 Å². The Kier molecular flexibility index (Phi) is 5.50. The average Bonchev–Trinajstić information content (AvgIpc) is 2.67. The minimum absolute atomic E-state index is 0.183. The van der Waals surface area contributed by atoms with Crippen molar-refractivity contribution in [2.45, 2.75) is 32.4 Å². The molecule has 0 radical (unpaired) electrons. The number of aliphatic hydroxyl groups is 1. The van der Waals surface area contributed by atoms with Crippen molar-refractivity contribution in [2.24, 2.45) is 0 Å². The minimum Gasteiger partial charge on any atom is -0.376 e. The molecule has 0 spiro atoms. The fourth-order valence-corrected chi connectivity index (χ4v) is 3.82. The summed E-state index contributed by atoms with van der Waals surface area (Å²) in [4.78, 5) is 2.17. The van der Waals surface area contributed by atoms with Gasteiger partial charge >= 0.3 is 0 Å². The smallest absolute Gasteiger partial charge is 0.141 e. The van der Waals surface area contributed by atoms with Gasteiger partial charge in [-0.15, -0.1) is 0 Å². The molecule has 0 unspecified atom stereocenters. The summed E-state index contributed by atoms with van der Waals surface area (Å²) >= 11 is 0. The first-order valence-electron chi connectivity index (χ1n) is 9.47. The number of aryl methyl sites for hydroxylation is 2. The maximum Gasteiger partial charge on any atom is 0.141 e. The van der Waals surface area contributed by atoms with Gasteiger partial charge in [-0.2, -0.15) is 0 Å². The van der Waals surface area contributed by atoms with E-state index in [9.17, 15) is 5.11 Å². The normalized spacial score (nSPS) is 14.8. The van der Waals surface area contributed by atoms with Crippen LogP contribution in [-0.4, -0.2) is 24.1 Å². The summed E-state index contributed by atoms with van der Waals surface area (Å²) in [5, 5.41) is 12.3. The van der Waals surface area contributed by atoms with Crippen LogP contribution in [0.5, 0.6) is 0 Å². The monoisotopic (exact) mass is 359 g/mol. The molecular formula is C25H29NO. The molecule has 0 amide bonds. The van der Waals surface area contributed by atoms with Crippen molar-refractivity contribution >= 4 is 0 Å². The Labute approximate surface area is 163 Å². The number of benzene rings is 3. The molecule has 2 heteroatoms. The molecule has 0 bridgehead atoms. The molecule has 1 N–H and O–H groups in total. The molecule has 0 saturated carbocycles. The van der Waals surface area contributed by atoms with Gasteiger partial charge in [-0.05, 0) is 62.7 Å². The third kappa shape index (κ3) is 3.55. The van der Waals surface area contributed by atoms with Crippen molar-refractivity contribution in [3.8, 4) is 0 Å². The third-order valence-electron chi connectivity index (χ3n) is 5.54. The summed E-state index contributed by atoms with van der Waals surface area (Å²) < 4.78 is 0. The van der Waals surface area contributed by atoms with Gasteiger partial charge in [-0.3, -0.25) is 0 Å². The molecule has 0 saturated heterocycles. The molecule has 27 heavy (non-hydrogen) atoms. The van der Waals surface area contributed by atoms with Crippen molar-refractivity contribution in [3.05, 3.63) is 106 Å². The van der Waals surface area contributed by atoms with Crippen molar-refractivity contribution < 1.29 is 5.11 Å². The van der Waals surface area contributed by atoms with E-state index < -0.39 is 5.60 Å². The molecule has 3 aromatic rings. The highest BCUT2D eigenvalue weighted by molar-refractivity contribution is 5.53. The van der Waals surface area contributed by atoms with Crippen LogP contribution >= 0.6 is 0 Å². The Bertz CT molecular complexity index is 917. The fourth-order valence-electron chi connectivity index (χ4n) is 3.82. The number of nitrogens with zero attached hydrogens (tertiary/aromatic N) is 1. The minimum atomic E-state index is -1.21. The number of rotatable bonds is 5. The molecule has 0 aliphatic rings. The third-order valence-corrected chi connectivity index (χ3v) is 5.54. The van der Waals surface area contributed by atoms with E-state index in [0.717, 1.165) is 27.8 Å². The summed E-state index contributed by atoms with van der Waals surface area (Å²) in [6, 6.07) is 24.7. The van der Waals surface area contributed by atoms with Crippen LogP contribution < -0.4 is 0 Å². The van der Waals surface area contributed by atoms with E-state index in [1.807, 2.05) is 42.5 Å². The van der Waals surface area contributed by atoms with E-state index in [-0.39, 0.29) is 6.04 Å². The van der Waals surface area contributed by atoms with E-state index in [4.69, 9.17) is 0 Å². The molecule has 2 atom stereocenters. The van der Waals surface area contributed by atoms with Crippen molar-refractivity contribution in [2.75, 3.05) is 14.1 Å². The van der Waals surface area contributed by atoms with Crippen LogP contribution in [0.3, 0.4) is 0 Å². The van der Waals surface area contributed by atoms with Crippen LogP contribution in [0.4, 0.5) is 0 Å². The lowest BCUT2D eigenvalue weighted by Gasteiger charge is -2.35. The Morgan fingerprint density at radius 2 is 1.44 bits per heavy atom. The lowest BCUT2D eigenvalue weighted by molar-refractivity contribution is 0.122. The Balaban J connectivity index is 2.34. The first-order chi connectivity index (χ1) is 12.9. The molecule has 3 aromatic carbocycles. The zero-order chi connectivity index (χ0) is 19.6. The Hall–Kier alpha value is -2.42. The van der Waals surface area contributed by atoms with Gasteiger partial charge in [0.2, 0.25) is 0 Å². The van der Waals surface area contributed by atoms with Crippen LogP contribution in [0.25, 0.3) is 0 Å². The Morgan fingerprint density at radius 3 is 2.07 bits per heavy atom. The molecule has 0 heterocycles. The highest BCUT2D eigenvalue weighted by Crippen LogP contribution is 2.41. The summed E-state index contributed by atoms with van der Waals surface area (Å²) in [6.07, 6.45) is 0. The lowest BCUT2D eigenvalue weighted by atomic mass is 9.75. The van der Waals surface area contributed by atoms with Crippen molar-refractivity contribution in [3.63, 3.8) is 0 Å². The fraction of sp³-hybridized carbons (Fsp3) is 0.280. The predicted molar refractivity (Wildman–Crippen MR) is 113 cm³/mol. The van der Waals surface area contributed by atoms with Crippen LogP contribution in [0.15, 0.2) is 72.8 Å². The van der Waals surface area contributed by atoms with E-state index in [1.54, 1.807) is 0 Å². The van der Waals surface area contributed by atoms with Crippen molar-refractivity contribution in [1.82, 2.24) is 4.90 Å². The molecule has 0 aromatic heterocycles. The molecular weight excluding hydrogens is 330 g/mol. The highest BCUT2D eigenvalue weighted by Gasteiger charge is 2.37. The van der Waals surface area contributed by atoms with Gasteiger partial charge in [0, 0.05) is 6.04 Å². The average molecular weight is 360 g/mol. The van der Waals surface area contributed by atoms with Crippen molar-refractivity contribution in [1.29, 1.82) is 0 Å². The standard InChI is InChI=1S/C25H29NO/c1-18-15-16-23(19(2)17-18)25(27,21-11-7-6-8-12-21)24-14-10-9-13-22(24)20(3)26(4)5/h6-17,20,27H,1-5H3/t20-,25+/m1/s1. The van der Waals surface area contributed by atoms with Gasteiger partial charge in [0.1, 0.15) is 5.60 Å². The topological polar surface area (TPSA) is 23.5 Å². The maximum absolute atomic E-state index is 12.3. The summed E-state index contributed by atoms with van der Waals surface area (Å²) in [7, 11) is 4.14. The van der Waals surface area contributed by atoms with Gasteiger partial charge in [-0.25, -0.2) is 0 Å². The molecule has 140 valence electrons. The molecule has 0 aliphatic carbocycles. The van der Waals surface area contributed by atoms with Gasteiger partial charge < -0.3 is 10.0 Å². The van der Waals surface area contributed by atoms with Gasteiger partial charge in [-0.1, -0.05) is 78.4 Å². The van der Waals surface area contributed by atoms with Gasteiger partial charge in [0.15, 0.2) is 0 Å². The van der Waals surface area contributed by atoms with Crippen LogP contribution in [-0.2, 0) is 5.60 Å². The van der Waals surface area contributed by atoms with E-state index in [1.165, 1.54) is 5.56 Å². The zero-order valence-electron chi connectivity index (χ0n) is 16.9. The predicted octanol–water partition coefficient (Wildman–Crippen LogP) is 5.21. The SMILES string of the molecule is Cc1ccc([C@@](O)(c2ccccc2)c2ccccc2[C@@H](C)N(C)C)c(C)c1. The molecule has 2 nitrogen and oxygen atoms in total. The highest BCUT2D eigenvalue weighted by atomic mass is 16.3. The van der Waals surface area contributed by atoms with Crippen LogP contribution in [0.1, 0.15) is 46.3 Å². The van der Waals surface area contributed by atoms with E-state index in [0.29, 0.717) is 0 Å². The van der Waals surface area contributed by atoms with E-state index >= 15 is 0 Å². The molecule has 0 fully saturated rings. The first kappa shape index (κ1) is 19.3. The van der Waals surface area contributed by atoms with Crippen LogP contribution in [0.2, 0.25) is 0 Å². The number of hydrogen-bond acceptors (Lipinski definition) is 2. The Morgan fingerprint density at radius 1 is 0.815 bits per heavy atom. The molecule has 0 aliphatic heterocycles. The second-order valence-electron chi connectivity index (χ2n) is 7.62. The number of hydrogen-bond donors (Lipinski definition) is 1. The van der Waals surface area contributed by atoms with E-state index in [2.05, 4.69) is 70.1 Å². The van der Waals surface area contributed by atoms with Gasteiger partial charge in [0.05, 0.1) is 0 Å². The maximum atomic E-state index is 12.3. The zero-order valence-corrected chi connectivity index (χ0v) is 16.9. The first-order valence-corrected chi connectivity index (χ1v) is 9.47. The second-order valence-corrected chi connectivity index (χ2v) is 7.62. The van der Waals surface area contributed by atoms with Gasteiger partial charge in [0.25, 0.3) is 0 Å². The summed E-state index contributed by atoms with van der Waals surface area (Å²) in [6.45, 7) is 6.33. The summed E-state index contributed by atoms with van der Waals surface area (Å²) in [5.74, 6) is 0. The largest absolute Gasteiger partial charge is 0.376 e. The second kappa shape index (κ2) is 7.67. The summed E-state index contributed by atoms with van der Waals surface area (Å²) in [5.41, 5.74) is 4.96. The molecule has 3 rings (SSSR count). The lowest BCUT2D eigenvalue weighted by Crippen LogP contribution is -2.32.